The van der Waals surface area contributed by atoms with Crippen LogP contribution in [0.2, 0.25) is 0 Å². The lowest BCUT2D eigenvalue weighted by Gasteiger charge is -2.41. The monoisotopic (exact) mass is 604 g/mol. The van der Waals surface area contributed by atoms with Gasteiger partial charge in [0.15, 0.2) is 9.40 Å². The van der Waals surface area contributed by atoms with Gasteiger partial charge in [-0.3, -0.25) is 4.79 Å². The number of carbonyl (C=O) groups excluding carboxylic acids is 1. The Morgan fingerprint density at radius 3 is 2.65 bits per heavy atom. The summed E-state index contributed by atoms with van der Waals surface area (Å²) in [5.74, 6) is -1.96. The van der Waals surface area contributed by atoms with Crippen molar-refractivity contribution >= 4 is 79.8 Å². The van der Waals surface area contributed by atoms with E-state index in [-0.39, 0.29) is 17.9 Å². The molecule has 1 fully saturated rings. The lowest BCUT2D eigenvalue weighted by molar-refractivity contribution is -0.140. The Labute approximate surface area is 242 Å². The number of hydrogen-bond donors (Lipinski definition) is 1. The van der Waals surface area contributed by atoms with Gasteiger partial charge >= 0.3 is 0 Å². The number of thiocarbonyl (C=S) groups is 1. The Balaban J connectivity index is 1.93. The average Bonchev–Trinajstić information content (AvgIpc) is 3.31. The van der Waals surface area contributed by atoms with Gasteiger partial charge in [-0.1, -0.05) is 54.5 Å². The Morgan fingerprint density at radius 1 is 1.43 bits per heavy atom. The Kier molecular flexibility index (Phi) is 10.5. The van der Waals surface area contributed by atoms with E-state index in [0.717, 1.165) is 15.8 Å². The summed E-state index contributed by atoms with van der Waals surface area (Å²) >= 11 is 20.9. The van der Waals surface area contributed by atoms with Crippen molar-refractivity contribution in [2.75, 3.05) is 13.0 Å². The second-order valence-electron chi connectivity index (χ2n) is 9.64. The van der Waals surface area contributed by atoms with Gasteiger partial charge < -0.3 is 14.6 Å². The van der Waals surface area contributed by atoms with Crippen molar-refractivity contribution in [3.63, 3.8) is 0 Å². The van der Waals surface area contributed by atoms with Crippen LogP contribution in [0.15, 0.2) is 40.3 Å². The number of fused-ring (bicyclic) bond motifs is 1. The summed E-state index contributed by atoms with van der Waals surface area (Å²) in [7, 11) is 1.51. The highest BCUT2D eigenvalue weighted by molar-refractivity contribution is 8.00. The zero-order chi connectivity index (χ0) is 27.5. The first-order valence-corrected chi connectivity index (χ1v) is 15.0. The van der Waals surface area contributed by atoms with Gasteiger partial charge in [-0.05, 0) is 52.7 Å². The number of aliphatic hydroxyl groups is 1. The standard InChI is InChI=1S/C26H34Cl2N2O4S3/c1-7-17(23(31)30(16(4)35)37-24-29-18-10-8-9-11-19(18)36-24)21(33-6)22(26(28,32)14-27)25(5)20(34-25)13-12-15(2)3/h8-12,17,20-22,32H,7,13-14H2,1-6H3. The quantitative estimate of drug-likeness (QED) is 0.0936. The number of para-hydroxylation sites is 1. The SMILES string of the molecule is CCC(C(=O)N(Sc1nc2ccccc2s1)C(C)=S)C(OC)C(C(O)(Cl)CCl)C1(C)OC1CC=C(C)C. The van der Waals surface area contributed by atoms with E-state index in [1.54, 1.807) is 6.92 Å². The molecule has 1 aromatic heterocycles. The van der Waals surface area contributed by atoms with E-state index in [1.807, 2.05) is 52.0 Å². The molecular weight excluding hydrogens is 571 g/mol. The van der Waals surface area contributed by atoms with Gasteiger partial charge in [0.05, 0.1) is 45.1 Å². The molecule has 1 aromatic carbocycles. The number of epoxide rings is 1. The van der Waals surface area contributed by atoms with E-state index in [1.165, 1.54) is 34.7 Å². The van der Waals surface area contributed by atoms with Crippen LogP contribution < -0.4 is 0 Å². The van der Waals surface area contributed by atoms with Gasteiger partial charge in [0.25, 0.3) is 0 Å². The first-order chi connectivity index (χ1) is 17.4. The molecule has 0 bridgehead atoms. The second-order valence-corrected chi connectivity index (χ2v) is 13.4. The van der Waals surface area contributed by atoms with Crippen LogP contribution in [0.4, 0.5) is 0 Å². The van der Waals surface area contributed by atoms with E-state index < -0.39 is 28.6 Å². The fourth-order valence-electron chi connectivity index (χ4n) is 4.73. The highest BCUT2D eigenvalue weighted by Gasteiger charge is 2.66. The van der Waals surface area contributed by atoms with Gasteiger partial charge in [0.2, 0.25) is 5.91 Å². The number of nitrogens with zero attached hydrogens (tertiary/aromatic N) is 2. The fraction of sp³-hybridized carbons (Fsp3) is 0.577. The molecule has 6 unspecified atom stereocenters. The molecule has 0 spiro atoms. The third-order valence-electron chi connectivity index (χ3n) is 6.68. The van der Waals surface area contributed by atoms with Crippen LogP contribution in [0.5, 0.6) is 0 Å². The molecule has 3 rings (SSSR count). The molecule has 11 heteroatoms. The fourth-order valence-corrected chi connectivity index (χ4v) is 7.43. The predicted molar refractivity (Wildman–Crippen MR) is 158 cm³/mol. The number of alkyl halides is 2. The van der Waals surface area contributed by atoms with Crippen molar-refractivity contribution in [2.45, 2.75) is 74.7 Å². The third-order valence-corrected chi connectivity index (χ3v) is 10.1. The van der Waals surface area contributed by atoms with Gasteiger partial charge in [0.1, 0.15) is 5.60 Å². The van der Waals surface area contributed by atoms with Crippen LogP contribution in [-0.4, -0.2) is 61.2 Å². The van der Waals surface area contributed by atoms with Crippen molar-refractivity contribution < 1.29 is 19.4 Å². The van der Waals surface area contributed by atoms with Gasteiger partial charge in [-0.2, -0.15) is 0 Å². The van der Waals surface area contributed by atoms with Crippen LogP contribution >= 0.6 is 58.7 Å². The van der Waals surface area contributed by atoms with E-state index >= 15 is 0 Å². The summed E-state index contributed by atoms with van der Waals surface area (Å²) < 4.78 is 15.2. The van der Waals surface area contributed by atoms with Gasteiger partial charge in [0, 0.05) is 19.1 Å². The first kappa shape index (κ1) is 30.8. The minimum absolute atomic E-state index is 0.188. The van der Waals surface area contributed by atoms with Crippen LogP contribution in [0.3, 0.4) is 0 Å². The number of aromatic nitrogens is 1. The van der Waals surface area contributed by atoms with Crippen molar-refractivity contribution in [3.8, 4) is 0 Å². The number of benzene rings is 1. The van der Waals surface area contributed by atoms with E-state index in [2.05, 4.69) is 11.1 Å². The molecule has 0 saturated carbocycles. The van der Waals surface area contributed by atoms with Crippen molar-refractivity contribution in [1.29, 1.82) is 0 Å². The summed E-state index contributed by atoms with van der Waals surface area (Å²) in [6.45, 7) is 9.53. The molecule has 2 aromatic rings. The van der Waals surface area contributed by atoms with Crippen LogP contribution in [0.25, 0.3) is 10.2 Å². The summed E-state index contributed by atoms with van der Waals surface area (Å²) in [4.78, 5) is 19.0. The number of methoxy groups -OCH3 is 1. The first-order valence-electron chi connectivity index (χ1n) is 12.1. The molecule has 37 heavy (non-hydrogen) atoms. The number of rotatable bonds is 12. The molecule has 6 atom stereocenters. The second kappa shape index (κ2) is 12.6. The van der Waals surface area contributed by atoms with E-state index in [0.29, 0.717) is 22.2 Å². The Bertz CT molecular complexity index is 1120. The van der Waals surface area contributed by atoms with Crippen molar-refractivity contribution in [3.05, 3.63) is 35.9 Å². The van der Waals surface area contributed by atoms with Crippen LogP contribution in [0.1, 0.15) is 47.5 Å². The molecule has 1 amide bonds. The number of hydrogen-bond acceptors (Lipinski definition) is 8. The summed E-state index contributed by atoms with van der Waals surface area (Å²) in [5, 5.41) is 9.38. The van der Waals surface area contributed by atoms with E-state index in [4.69, 9.17) is 44.9 Å². The average molecular weight is 606 g/mol. The molecule has 1 saturated heterocycles. The lowest BCUT2D eigenvalue weighted by atomic mass is 9.75. The maximum atomic E-state index is 14.0. The largest absolute Gasteiger partial charge is 0.380 e. The predicted octanol–water partition coefficient (Wildman–Crippen LogP) is 6.82. The molecule has 1 N–H and O–H groups in total. The Hall–Kier alpha value is -0.780. The summed E-state index contributed by atoms with van der Waals surface area (Å²) in [5.41, 5.74) is 1.20. The zero-order valence-electron chi connectivity index (χ0n) is 21.9. The van der Waals surface area contributed by atoms with Crippen molar-refractivity contribution in [2.24, 2.45) is 11.8 Å². The number of ether oxygens (including phenoxy) is 2. The molecule has 2 heterocycles. The molecule has 0 radical (unpaired) electrons. The number of amides is 1. The maximum Gasteiger partial charge on any atom is 0.243 e. The van der Waals surface area contributed by atoms with Crippen LogP contribution in [-0.2, 0) is 14.3 Å². The molecule has 0 aliphatic carbocycles. The van der Waals surface area contributed by atoms with E-state index in [9.17, 15) is 9.90 Å². The number of halogens is 2. The highest BCUT2D eigenvalue weighted by atomic mass is 35.5. The number of thiazole rings is 1. The van der Waals surface area contributed by atoms with Gasteiger partial charge in [-0.25, -0.2) is 9.29 Å². The molecule has 6 nitrogen and oxygen atoms in total. The molecule has 204 valence electrons. The highest BCUT2D eigenvalue weighted by Crippen LogP contribution is 2.53. The zero-order valence-corrected chi connectivity index (χ0v) is 25.8. The smallest absolute Gasteiger partial charge is 0.243 e. The molecule has 1 aliphatic rings. The number of allylic oxidation sites excluding steroid dienone is 1. The topological polar surface area (TPSA) is 75.2 Å². The summed E-state index contributed by atoms with van der Waals surface area (Å²) in [6.07, 6.45) is 2.19. The molecular formula is C26H34Cl2N2O4S3. The normalized spacial score (nSPS) is 23.1. The number of carbonyl (C=O) groups is 1. The third kappa shape index (κ3) is 6.87. The van der Waals surface area contributed by atoms with Gasteiger partial charge in [-0.15, -0.1) is 22.9 Å². The van der Waals surface area contributed by atoms with Crippen LogP contribution in [0, 0.1) is 11.8 Å². The Morgan fingerprint density at radius 2 is 2.11 bits per heavy atom. The van der Waals surface area contributed by atoms with Crippen molar-refractivity contribution in [1.82, 2.24) is 9.29 Å². The lowest BCUT2D eigenvalue weighted by Crippen LogP contribution is -2.55. The summed E-state index contributed by atoms with van der Waals surface area (Å²) in [6, 6.07) is 7.80. The minimum atomic E-state index is -1.86. The molecule has 1 aliphatic heterocycles. The minimum Gasteiger partial charge on any atom is -0.380 e. The maximum absolute atomic E-state index is 14.0.